The van der Waals surface area contributed by atoms with Gasteiger partial charge in [0.05, 0.1) is 12.6 Å². The van der Waals surface area contributed by atoms with Crippen molar-refractivity contribution in [2.24, 2.45) is 12.8 Å². The van der Waals surface area contributed by atoms with Gasteiger partial charge in [-0.15, -0.1) is 0 Å². The average molecular weight is 190 g/mol. The fourth-order valence-electron chi connectivity index (χ4n) is 1.62. The Kier molecular flexibility index (Phi) is 2.27. The van der Waals surface area contributed by atoms with Crippen LogP contribution < -0.4 is 5.73 Å². The number of aliphatic hydroxyl groups is 1. The van der Waals surface area contributed by atoms with E-state index in [1.807, 2.05) is 36.0 Å². The van der Waals surface area contributed by atoms with Gasteiger partial charge in [-0.1, -0.05) is 12.1 Å². The molecule has 2 rings (SSSR count). The zero-order chi connectivity index (χ0) is 10.1. The predicted octanol–water partition coefficient (Wildman–Crippen LogP) is 1.17. The standard InChI is InChI=1S/C11H14N2O/c1-13-5-4-8-2-3-9(6-11(8)13)10(12)7-14/h2-6,10,14H,7,12H2,1H3. The first kappa shape index (κ1) is 9.24. The van der Waals surface area contributed by atoms with Crippen LogP contribution in [0.15, 0.2) is 30.5 Å². The number of benzene rings is 1. The Hall–Kier alpha value is -1.32. The van der Waals surface area contributed by atoms with Crippen molar-refractivity contribution in [2.45, 2.75) is 6.04 Å². The van der Waals surface area contributed by atoms with E-state index >= 15 is 0 Å². The van der Waals surface area contributed by atoms with Crippen molar-refractivity contribution < 1.29 is 5.11 Å². The first-order valence-corrected chi connectivity index (χ1v) is 4.64. The maximum Gasteiger partial charge on any atom is 0.0624 e. The van der Waals surface area contributed by atoms with Crippen LogP contribution in [-0.4, -0.2) is 16.3 Å². The molecule has 1 heterocycles. The number of aryl methyl sites for hydroxylation is 1. The molecule has 1 aromatic heterocycles. The van der Waals surface area contributed by atoms with E-state index in [1.54, 1.807) is 0 Å². The molecule has 0 saturated carbocycles. The summed E-state index contributed by atoms with van der Waals surface area (Å²) in [6.07, 6.45) is 2.01. The van der Waals surface area contributed by atoms with Gasteiger partial charge in [0, 0.05) is 18.8 Å². The molecule has 0 spiro atoms. The van der Waals surface area contributed by atoms with E-state index in [-0.39, 0.29) is 12.6 Å². The maximum absolute atomic E-state index is 8.95. The highest BCUT2D eigenvalue weighted by Crippen LogP contribution is 2.19. The van der Waals surface area contributed by atoms with E-state index in [0.717, 1.165) is 11.1 Å². The molecule has 14 heavy (non-hydrogen) atoms. The highest BCUT2D eigenvalue weighted by Gasteiger charge is 2.05. The third-order valence-electron chi connectivity index (χ3n) is 2.54. The summed E-state index contributed by atoms with van der Waals surface area (Å²) in [4.78, 5) is 0. The molecule has 1 unspecified atom stereocenters. The van der Waals surface area contributed by atoms with E-state index in [4.69, 9.17) is 10.8 Å². The number of aromatic nitrogens is 1. The third-order valence-corrected chi connectivity index (χ3v) is 2.54. The molecule has 0 radical (unpaired) electrons. The summed E-state index contributed by atoms with van der Waals surface area (Å²) >= 11 is 0. The van der Waals surface area contributed by atoms with Gasteiger partial charge >= 0.3 is 0 Å². The van der Waals surface area contributed by atoms with Crippen LogP contribution in [0.1, 0.15) is 11.6 Å². The molecule has 1 aromatic carbocycles. The van der Waals surface area contributed by atoms with Crippen LogP contribution in [0.5, 0.6) is 0 Å². The highest BCUT2D eigenvalue weighted by atomic mass is 16.3. The van der Waals surface area contributed by atoms with Crippen LogP contribution in [0.2, 0.25) is 0 Å². The Bertz CT molecular complexity index is 447. The number of aliphatic hydroxyl groups excluding tert-OH is 1. The lowest BCUT2D eigenvalue weighted by atomic mass is 10.1. The maximum atomic E-state index is 8.95. The molecule has 3 N–H and O–H groups in total. The van der Waals surface area contributed by atoms with Gasteiger partial charge in [-0.2, -0.15) is 0 Å². The van der Waals surface area contributed by atoms with Crippen molar-refractivity contribution in [2.75, 3.05) is 6.61 Å². The fourth-order valence-corrected chi connectivity index (χ4v) is 1.62. The number of rotatable bonds is 2. The van der Waals surface area contributed by atoms with Crippen molar-refractivity contribution >= 4 is 10.9 Å². The van der Waals surface area contributed by atoms with Crippen molar-refractivity contribution in [3.05, 3.63) is 36.0 Å². The molecule has 0 saturated heterocycles. The SMILES string of the molecule is Cn1ccc2ccc(C(N)CO)cc21. The van der Waals surface area contributed by atoms with Crippen molar-refractivity contribution in [3.8, 4) is 0 Å². The predicted molar refractivity (Wildman–Crippen MR) is 56.9 cm³/mol. The Morgan fingerprint density at radius 2 is 2.21 bits per heavy atom. The zero-order valence-corrected chi connectivity index (χ0v) is 8.14. The van der Waals surface area contributed by atoms with E-state index in [1.165, 1.54) is 5.39 Å². The second kappa shape index (κ2) is 3.44. The summed E-state index contributed by atoms with van der Waals surface area (Å²) in [5.41, 5.74) is 7.86. The van der Waals surface area contributed by atoms with E-state index in [9.17, 15) is 0 Å². The van der Waals surface area contributed by atoms with E-state index in [2.05, 4.69) is 6.07 Å². The van der Waals surface area contributed by atoms with Gasteiger partial charge in [0.15, 0.2) is 0 Å². The minimum absolute atomic E-state index is 0.0179. The molecule has 0 bridgehead atoms. The van der Waals surface area contributed by atoms with Crippen LogP contribution in [0.25, 0.3) is 10.9 Å². The minimum atomic E-state index is -0.283. The van der Waals surface area contributed by atoms with Crippen LogP contribution >= 0.6 is 0 Å². The summed E-state index contributed by atoms with van der Waals surface area (Å²) in [7, 11) is 2.00. The van der Waals surface area contributed by atoms with Gasteiger partial charge in [0.2, 0.25) is 0 Å². The molecule has 0 aliphatic heterocycles. The van der Waals surface area contributed by atoms with E-state index < -0.39 is 0 Å². The van der Waals surface area contributed by atoms with Gasteiger partial charge in [-0.3, -0.25) is 0 Å². The van der Waals surface area contributed by atoms with Gasteiger partial charge < -0.3 is 15.4 Å². The third kappa shape index (κ3) is 1.41. The molecule has 0 fully saturated rings. The number of hydrogen-bond donors (Lipinski definition) is 2. The fraction of sp³-hybridized carbons (Fsp3) is 0.273. The molecule has 1 atom stereocenters. The zero-order valence-electron chi connectivity index (χ0n) is 8.14. The molecule has 3 heteroatoms. The van der Waals surface area contributed by atoms with Gasteiger partial charge in [-0.05, 0) is 23.1 Å². The van der Waals surface area contributed by atoms with Gasteiger partial charge in [0.25, 0.3) is 0 Å². The Morgan fingerprint density at radius 3 is 2.93 bits per heavy atom. The van der Waals surface area contributed by atoms with Crippen molar-refractivity contribution in [1.82, 2.24) is 4.57 Å². The Balaban J connectivity index is 2.54. The molecule has 0 amide bonds. The van der Waals surface area contributed by atoms with Gasteiger partial charge in [0.1, 0.15) is 0 Å². The molecule has 3 nitrogen and oxygen atoms in total. The molecule has 0 aliphatic carbocycles. The lowest BCUT2D eigenvalue weighted by Crippen LogP contribution is -2.14. The van der Waals surface area contributed by atoms with Crippen molar-refractivity contribution in [3.63, 3.8) is 0 Å². The summed E-state index contributed by atoms with van der Waals surface area (Å²) in [5.74, 6) is 0. The number of fused-ring (bicyclic) bond motifs is 1. The first-order chi connectivity index (χ1) is 6.72. The Labute approximate surface area is 82.8 Å². The van der Waals surface area contributed by atoms with Gasteiger partial charge in [-0.25, -0.2) is 0 Å². The Morgan fingerprint density at radius 1 is 1.43 bits per heavy atom. The number of nitrogens with two attached hydrogens (primary N) is 1. The monoisotopic (exact) mass is 190 g/mol. The molecule has 0 aliphatic rings. The molecular formula is C11H14N2O. The lowest BCUT2D eigenvalue weighted by molar-refractivity contribution is 0.268. The summed E-state index contributed by atoms with van der Waals surface area (Å²) in [5, 5.41) is 10.1. The van der Waals surface area contributed by atoms with Crippen molar-refractivity contribution in [1.29, 1.82) is 0 Å². The number of hydrogen-bond acceptors (Lipinski definition) is 2. The van der Waals surface area contributed by atoms with Crippen LogP contribution in [0, 0.1) is 0 Å². The molecular weight excluding hydrogens is 176 g/mol. The second-order valence-corrected chi connectivity index (χ2v) is 3.53. The highest BCUT2D eigenvalue weighted by molar-refractivity contribution is 5.80. The van der Waals surface area contributed by atoms with E-state index in [0.29, 0.717) is 0 Å². The summed E-state index contributed by atoms with van der Waals surface area (Å²) in [6.45, 7) is -0.0179. The average Bonchev–Trinajstić information content (AvgIpc) is 2.59. The second-order valence-electron chi connectivity index (χ2n) is 3.53. The molecule has 74 valence electrons. The first-order valence-electron chi connectivity index (χ1n) is 4.64. The summed E-state index contributed by atoms with van der Waals surface area (Å²) < 4.78 is 2.04. The van der Waals surface area contributed by atoms with Crippen LogP contribution in [0.3, 0.4) is 0 Å². The summed E-state index contributed by atoms with van der Waals surface area (Å²) in [6, 6.07) is 7.79. The smallest absolute Gasteiger partial charge is 0.0624 e. The topological polar surface area (TPSA) is 51.2 Å². The quantitative estimate of drug-likeness (QED) is 0.747. The lowest BCUT2D eigenvalue weighted by Gasteiger charge is -2.08. The molecule has 2 aromatic rings. The minimum Gasteiger partial charge on any atom is -0.394 e. The number of nitrogens with zero attached hydrogens (tertiary/aromatic N) is 1. The van der Waals surface area contributed by atoms with Crippen LogP contribution in [0.4, 0.5) is 0 Å². The van der Waals surface area contributed by atoms with Crippen LogP contribution in [-0.2, 0) is 7.05 Å². The normalized spacial score (nSPS) is 13.4. The largest absolute Gasteiger partial charge is 0.394 e.